The molecule has 1 aromatic rings. The van der Waals surface area contributed by atoms with E-state index in [-0.39, 0.29) is 17.9 Å². The molecule has 1 aliphatic carbocycles. The van der Waals surface area contributed by atoms with Gasteiger partial charge in [0.15, 0.2) is 0 Å². The lowest BCUT2D eigenvalue weighted by atomic mass is 10.0. The minimum absolute atomic E-state index is 0.00751. The van der Waals surface area contributed by atoms with Gasteiger partial charge in [0, 0.05) is 19.9 Å². The summed E-state index contributed by atoms with van der Waals surface area (Å²) >= 11 is 0. The van der Waals surface area contributed by atoms with Gasteiger partial charge < -0.3 is 10.6 Å². The molecule has 0 aromatic heterocycles. The van der Waals surface area contributed by atoms with Crippen molar-refractivity contribution in [2.24, 2.45) is 5.92 Å². The maximum Gasteiger partial charge on any atom is 0.220 e. The highest BCUT2D eigenvalue weighted by atomic mass is 16.2. The van der Waals surface area contributed by atoms with Gasteiger partial charge >= 0.3 is 0 Å². The molecule has 0 spiro atoms. The molecule has 126 valence electrons. The summed E-state index contributed by atoms with van der Waals surface area (Å²) in [5.74, 6) is 0.747. The Morgan fingerprint density at radius 3 is 2.43 bits per heavy atom. The summed E-state index contributed by atoms with van der Waals surface area (Å²) in [5, 5.41) is 5.99. The predicted molar refractivity (Wildman–Crippen MR) is 91.9 cm³/mol. The number of amides is 2. The zero-order chi connectivity index (χ0) is 16.7. The molecule has 1 aromatic carbocycles. The molecule has 1 aliphatic rings. The summed E-state index contributed by atoms with van der Waals surface area (Å²) in [4.78, 5) is 22.9. The van der Waals surface area contributed by atoms with E-state index in [0.717, 1.165) is 19.3 Å². The molecule has 0 aliphatic heterocycles. The normalized spacial score (nSPS) is 15.0. The van der Waals surface area contributed by atoms with Gasteiger partial charge in [0.1, 0.15) is 0 Å². The fourth-order valence-electron chi connectivity index (χ4n) is 2.77. The Morgan fingerprint density at radius 2 is 1.83 bits per heavy atom. The van der Waals surface area contributed by atoms with E-state index < -0.39 is 0 Å². The lowest BCUT2D eigenvalue weighted by Crippen LogP contribution is -2.29. The first-order valence-electron chi connectivity index (χ1n) is 8.66. The molecule has 23 heavy (non-hydrogen) atoms. The number of carbonyl (C=O) groups excluding carboxylic acids is 2. The maximum absolute atomic E-state index is 12.2. The zero-order valence-electron chi connectivity index (χ0n) is 14.2. The number of rotatable bonds is 9. The van der Waals surface area contributed by atoms with Crippen LogP contribution in [0.3, 0.4) is 0 Å². The molecule has 2 N–H and O–H groups in total. The second kappa shape index (κ2) is 8.70. The Bertz CT molecular complexity index is 521. The largest absolute Gasteiger partial charge is 0.356 e. The van der Waals surface area contributed by atoms with Gasteiger partial charge in [-0.3, -0.25) is 9.59 Å². The van der Waals surface area contributed by atoms with Crippen molar-refractivity contribution in [1.82, 2.24) is 10.6 Å². The molecule has 1 fully saturated rings. The summed E-state index contributed by atoms with van der Waals surface area (Å²) in [6.07, 6.45) is 5.74. The number of hydrogen-bond acceptors (Lipinski definition) is 2. The van der Waals surface area contributed by atoms with Gasteiger partial charge in [-0.05, 0) is 44.1 Å². The molecule has 1 atom stereocenters. The maximum atomic E-state index is 12.2. The van der Waals surface area contributed by atoms with Crippen LogP contribution >= 0.6 is 0 Å². The van der Waals surface area contributed by atoms with Crippen molar-refractivity contribution in [2.75, 3.05) is 6.54 Å². The standard InChI is InChI=1S/C19H28N2O2/c1-14-7-9-16(10-8-14)19(17-11-12-17)21-18(23)6-4-3-5-13-20-15(2)22/h7-10,17,19H,3-6,11-13H2,1-2H3,(H,20,22)(H,21,23). The molecule has 0 radical (unpaired) electrons. The van der Waals surface area contributed by atoms with Crippen molar-refractivity contribution < 1.29 is 9.59 Å². The van der Waals surface area contributed by atoms with Crippen molar-refractivity contribution >= 4 is 11.8 Å². The first-order valence-corrected chi connectivity index (χ1v) is 8.66. The van der Waals surface area contributed by atoms with Gasteiger partial charge in [0.25, 0.3) is 0 Å². The van der Waals surface area contributed by atoms with Gasteiger partial charge in [-0.25, -0.2) is 0 Å². The van der Waals surface area contributed by atoms with Crippen LogP contribution in [0.2, 0.25) is 0 Å². The molecule has 0 heterocycles. The molecule has 0 bridgehead atoms. The number of unbranched alkanes of at least 4 members (excludes halogenated alkanes) is 2. The third kappa shape index (κ3) is 6.43. The van der Waals surface area contributed by atoms with Crippen LogP contribution in [0.4, 0.5) is 0 Å². The molecule has 4 heteroatoms. The summed E-state index contributed by atoms with van der Waals surface area (Å²) in [6, 6.07) is 8.65. The Labute approximate surface area is 139 Å². The Hall–Kier alpha value is -1.84. The van der Waals surface area contributed by atoms with Crippen LogP contribution in [-0.4, -0.2) is 18.4 Å². The minimum atomic E-state index is 0.00751. The van der Waals surface area contributed by atoms with Crippen LogP contribution in [0.25, 0.3) is 0 Å². The van der Waals surface area contributed by atoms with E-state index in [0.29, 0.717) is 18.9 Å². The van der Waals surface area contributed by atoms with Crippen molar-refractivity contribution in [3.63, 3.8) is 0 Å². The Morgan fingerprint density at radius 1 is 1.13 bits per heavy atom. The summed E-state index contributed by atoms with van der Waals surface area (Å²) in [7, 11) is 0. The number of nitrogens with one attached hydrogen (secondary N) is 2. The predicted octanol–water partition coefficient (Wildman–Crippen LogP) is 3.26. The van der Waals surface area contributed by atoms with Crippen molar-refractivity contribution in [2.45, 2.75) is 58.4 Å². The van der Waals surface area contributed by atoms with Crippen LogP contribution in [0.15, 0.2) is 24.3 Å². The second-order valence-electron chi connectivity index (χ2n) is 6.59. The topological polar surface area (TPSA) is 58.2 Å². The summed E-state index contributed by atoms with van der Waals surface area (Å²) in [5.41, 5.74) is 2.46. The van der Waals surface area contributed by atoms with Crippen molar-refractivity contribution in [1.29, 1.82) is 0 Å². The average Bonchev–Trinajstić information content (AvgIpc) is 3.34. The van der Waals surface area contributed by atoms with E-state index in [1.165, 1.54) is 30.9 Å². The highest BCUT2D eigenvalue weighted by molar-refractivity contribution is 5.76. The van der Waals surface area contributed by atoms with Crippen LogP contribution in [0.1, 0.15) is 62.6 Å². The zero-order valence-corrected chi connectivity index (χ0v) is 14.2. The Kier molecular flexibility index (Phi) is 6.63. The van der Waals surface area contributed by atoms with E-state index in [9.17, 15) is 9.59 Å². The molecule has 4 nitrogen and oxygen atoms in total. The first-order chi connectivity index (χ1) is 11.1. The third-order valence-electron chi connectivity index (χ3n) is 4.30. The highest BCUT2D eigenvalue weighted by Gasteiger charge is 2.33. The molecule has 1 unspecified atom stereocenters. The number of hydrogen-bond donors (Lipinski definition) is 2. The number of aryl methyl sites for hydroxylation is 1. The summed E-state index contributed by atoms with van der Waals surface area (Å²) < 4.78 is 0. The van der Waals surface area contributed by atoms with E-state index >= 15 is 0 Å². The minimum Gasteiger partial charge on any atom is -0.356 e. The van der Waals surface area contributed by atoms with Crippen molar-refractivity contribution in [3.05, 3.63) is 35.4 Å². The van der Waals surface area contributed by atoms with Crippen LogP contribution in [0.5, 0.6) is 0 Å². The van der Waals surface area contributed by atoms with Gasteiger partial charge in [0.2, 0.25) is 11.8 Å². The van der Waals surface area contributed by atoms with E-state index in [2.05, 4.69) is 41.8 Å². The molecule has 0 saturated heterocycles. The quantitative estimate of drug-likeness (QED) is 0.687. The lowest BCUT2D eigenvalue weighted by molar-refractivity contribution is -0.122. The van der Waals surface area contributed by atoms with E-state index in [4.69, 9.17) is 0 Å². The van der Waals surface area contributed by atoms with Crippen LogP contribution in [-0.2, 0) is 9.59 Å². The van der Waals surface area contributed by atoms with Crippen molar-refractivity contribution in [3.8, 4) is 0 Å². The molecule has 2 rings (SSSR count). The van der Waals surface area contributed by atoms with E-state index in [1.54, 1.807) is 0 Å². The fraction of sp³-hybridized carbons (Fsp3) is 0.579. The number of benzene rings is 1. The smallest absolute Gasteiger partial charge is 0.220 e. The molecular weight excluding hydrogens is 288 g/mol. The average molecular weight is 316 g/mol. The molecule has 1 saturated carbocycles. The molecular formula is C19H28N2O2. The molecule has 2 amide bonds. The third-order valence-corrected chi connectivity index (χ3v) is 4.30. The Balaban J connectivity index is 1.71. The highest BCUT2D eigenvalue weighted by Crippen LogP contribution is 2.41. The summed E-state index contributed by atoms with van der Waals surface area (Å²) in [6.45, 7) is 4.30. The van der Waals surface area contributed by atoms with Gasteiger partial charge in [-0.1, -0.05) is 36.2 Å². The SMILES string of the molecule is CC(=O)NCCCCCC(=O)NC(c1ccc(C)cc1)C1CC1. The first kappa shape index (κ1) is 17.5. The lowest BCUT2D eigenvalue weighted by Gasteiger charge is -2.19. The van der Waals surface area contributed by atoms with Gasteiger partial charge in [-0.15, -0.1) is 0 Å². The fourth-order valence-corrected chi connectivity index (χ4v) is 2.77. The van der Waals surface area contributed by atoms with Crippen LogP contribution < -0.4 is 10.6 Å². The van der Waals surface area contributed by atoms with Gasteiger partial charge in [0.05, 0.1) is 6.04 Å². The second-order valence-corrected chi connectivity index (χ2v) is 6.59. The van der Waals surface area contributed by atoms with Crippen LogP contribution in [0, 0.1) is 12.8 Å². The van der Waals surface area contributed by atoms with E-state index in [1.807, 2.05) is 0 Å². The monoisotopic (exact) mass is 316 g/mol. The number of carbonyl (C=O) groups is 2. The van der Waals surface area contributed by atoms with Gasteiger partial charge in [-0.2, -0.15) is 0 Å².